The average Bonchev–Trinajstić information content (AvgIpc) is 2.69. The first kappa shape index (κ1) is 24.1. The van der Waals surface area contributed by atoms with Gasteiger partial charge in [-0.05, 0) is 63.6 Å². The molecule has 0 saturated carbocycles. The molecule has 164 valence electrons. The van der Waals surface area contributed by atoms with Crippen LogP contribution in [-0.2, 0) is 16.9 Å². The topological polar surface area (TPSA) is 82.9 Å². The number of aromatic nitrogens is 1. The van der Waals surface area contributed by atoms with Crippen molar-refractivity contribution in [3.05, 3.63) is 64.2 Å². The van der Waals surface area contributed by atoms with Gasteiger partial charge in [0.05, 0.1) is 24.0 Å². The monoisotopic (exact) mass is 418 g/mol. The molecule has 0 amide bonds. The van der Waals surface area contributed by atoms with E-state index in [2.05, 4.69) is 4.98 Å². The van der Waals surface area contributed by atoms with Gasteiger partial charge < -0.3 is 14.9 Å². The Balaban J connectivity index is 2.45. The molecule has 0 bridgehead atoms. The van der Waals surface area contributed by atoms with Gasteiger partial charge in [-0.25, -0.2) is 4.39 Å². The van der Waals surface area contributed by atoms with Crippen molar-refractivity contribution >= 4 is 6.29 Å². The van der Waals surface area contributed by atoms with Crippen molar-refractivity contribution in [2.24, 2.45) is 0 Å². The summed E-state index contributed by atoms with van der Waals surface area (Å²) in [6, 6.07) is 6.49. The molecule has 0 radical (unpaired) electrons. The SMILES string of the molecule is CCC(O)COC(c1c(F)cc(C(C)(C)O)cc1C=O)N(C)Cc1ccc(C)cn1. The molecule has 0 aliphatic carbocycles. The molecule has 1 aromatic heterocycles. The summed E-state index contributed by atoms with van der Waals surface area (Å²) >= 11 is 0. The van der Waals surface area contributed by atoms with Crippen LogP contribution in [0.15, 0.2) is 30.5 Å². The van der Waals surface area contributed by atoms with E-state index in [0.29, 0.717) is 24.8 Å². The van der Waals surface area contributed by atoms with Crippen molar-refractivity contribution in [2.45, 2.75) is 58.6 Å². The zero-order valence-electron chi connectivity index (χ0n) is 18.2. The minimum atomic E-state index is -1.30. The Morgan fingerprint density at radius 1 is 1.33 bits per heavy atom. The molecule has 1 heterocycles. The Morgan fingerprint density at radius 2 is 2.03 bits per heavy atom. The third-order valence-electron chi connectivity index (χ3n) is 4.94. The largest absolute Gasteiger partial charge is 0.391 e. The standard InChI is InChI=1S/C23H31FN2O4/c1-6-19(28)14-30-22(26(5)12-18-8-7-15(2)11-25-18)21-16(13-27)9-17(10-20(21)24)23(3,4)29/h7-11,13,19,22,28-29H,6,12,14H2,1-5H3. The van der Waals surface area contributed by atoms with Crippen LogP contribution in [0.25, 0.3) is 0 Å². The molecule has 0 saturated heterocycles. The van der Waals surface area contributed by atoms with Gasteiger partial charge in [-0.1, -0.05) is 13.0 Å². The number of aryl methyl sites for hydroxylation is 1. The van der Waals surface area contributed by atoms with Crippen molar-refractivity contribution in [2.75, 3.05) is 13.7 Å². The number of hydrogen-bond acceptors (Lipinski definition) is 6. The number of pyridine rings is 1. The zero-order valence-corrected chi connectivity index (χ0v) is 18.2. The first-order valence-electron chi connectivity index (χ1n) is 9.99. The first-order chi connectivity index (χ1) is 14.1. The van der Waals surface area contributed by atoms with Crippen LogP contribution < -0.4 is 0 Å². The number of carbonyl (C=O) groups is 1. The normalized spacial score (nSPS) is 14.0. The molecular weight excluding hydrogens is 387 g/mol. The predicted molar refractivity (Wildman–Crippen MR) is 112 cm³/mol. The van der Waals surface area contributed by atoms with Crippen molar-refractivity contribution in [3.8, 4) is 0 Å². The van der Waals surface area contributed by atoms with E-state index in [1.54, 1.807) is 18.1 Å². The minimum Gasteiger partial charge on any atom is -0.391 e. The van der Waals surface area contributed by atoms with Crippen LogP contribution in [0.5, 0.6) is 0 Å². The lowest BCUT2D eigenvalue weighted by Gasteiger charge is -2.31. The van der Waals surface area contributed by atoms with Gasteiger partial charge in [0.15, 0.2) is 6.29 Å². The zero-order chi connectivity index (χ0) is 22.5. The number of rotatable bonds is 10. The van der Waals surface area contributed by atoms with Crippen molar-refractivity contribution in [1.82, 2.24) is 9.88 Å². The number of aliphatic hydroxyl groups excluding tert-OH is 1. The van der Waals surface area contributed by atoms with Gasteiger partial charge in [-0.2, -0.15) is 0 Å². The fourth-order valence-electron chi connectivity index (χ4n) is 3.03. The predicted octanol–water partition coefficient (Wildman–Crippen LogP) is 3.49. The van der Waals surface area contributed by atoms with E-state index in [0.717, 1.165) is 11.3 Å². The Morgan fingerprint density at radius 3 is 2.57 bits per heavy atom. The second kappa shape index (κ2) is 10.2. The summed E-state index contributed by atoms with van der Waals surface area (Å²) < 4.78 is 21.1. The molecule has 0 fully saturated rings. The minimum absolute atomic E-state index is 0.0161. The molecule has 6 nitrogen and oxygen atoms in total. The van der Waals surface area contributed by atoms with Crippen LogP contribution in [0.1, 0.15) is 66.2 Å². The average molecular weight is 419 g/mol. The summed E-state index contributed by atoms with van der Waals surface area (Å²) in [7, 11) is 1.74. The van der Waals surface area contributed by atoms with Crippen LogP contribution >= 0.6 is 0 Å². The maximum Gasteiger partial charge on any atom is 0.150 e. The third-order valence-corrected chi connectivity index (χ3v) is 4.94. The van der Waals surface area contributed by atoms with E-state index in [4.69, 9.17) is 4.74 Å². The molecule has 1 aromatic carbocycles. The van der Waals surface area contributed by atoms with Crippen LogP contribution in [0.2, 0.25) is 0 Å². The molecular formula is C23H31FN2O4. The molecule has 2 atom stereocenters. The highest BCUT2D eigenvalue weighted by Gasteiger charge is 2.28. The third kappa shape index (κ3) is 6.15. The fourth-order valence-corrected chi connectivity index (χ4v) is 3.03. The first-order valence-corrected chi connectivity index (χ1v) is 9.99. The Hall–Kier alpha value is -2.19. The van der Waals surface area contributed by atoms with Gasteiger partial charge in [0.1, 0.15) is 12.0 Å². The van der Waals surface area contributed by atoms with Gasteiger partial charge >= 0.3 is 0 Å². The summed E-state index contributed by atoms with van der Waals surface area (Å²) in [4.78, 5) is 17.9. The number of benzene rings is 1. The van der Waals surface area contributed by atoms with Crippen LogP contribution in [0, 0.1) is 12.7 Å². The lowest BCUT2D eigenvalue weighted by Crippen LogP contribution is -2.31. The number of aliphatic hydroxyl groups is 2. The maximum absolute atomic E-state index is 15.2. The molecule has 7 heteroatoms. The van der Waals surface area contributed by atoms with Gasteiger partial charge in [-0.15, -0.1) is 0 Å². The smallest absolute Gasteiger partial charge is 0.150 e. The van der Waals surface area contributed by atoms with E-state index in [-0.39, 0.29) is 17.7 Å². The van der Waals surface area contributed by atoms with Gasteiger partial charge in [-0.3, -0.25) is 14.7 Å². The van der Waals surface area contributed by atoms with Crippen molar-refractivity contribution in [3.63, 3.8) is 0 Å². The van der Waals surface area contributed by atoms with Crippen molar-refractivity contribution < 1.29 is 24.1 Å². The van der Waals surface area contributed by atoms with E-state index >= 15 is 4.39 Å². The second-order valence-corrected chi connectivity index (χ2v) is 8.13. The Kier molecular flexibility index (Phi) is 8.20. The summed E-state index contributed by atoms with van der Waals surface area (Å²) in [5.41, 5.74) is 0.929. The van der Waals surface area contributed by atoms with Crippen LogP contribution in [0.4, 0.5) is 4.39 Å². The van der Waals surface area contributed by atoms with E-state index in [9.17, 15) is 15.0 Å². The molecule has 30 heavy (non-hydrogen) atoms. The summed E-state index contributed by atoms with van der Waals surface area (Å²) in [5.74, 6) is -0.656. The number of halogens is 1. The molecule has 2 N–H and O–H groups in total. The highest BCUT2D eigenvalue weighted by Crippen LogP contribution is 2.32. The second-order valence-electron chi connectivity index (χ2n) is 8.13. The van der Waals surface area contributed by atoms with Crippen molar-refractivity contribution in [1.29, 1.82) is 0 Å². The van der Waals surface area contributed by atoms with Gasteiger partial charge in [0, 0.05) is 23.9 Å². The van der Waals surface area contributed by atoms with E-state index in [1.807, 2.05) is 26.0 Å². The fraction of sp³-hybridized carbons (Fsp3) is 0.478. The molecule has 0 aliphatic heterocycles. The number of aldehydes is 1. The molecule has 2 unspecified atom stereocenters. The van der Waals surface area contributed by atoms with Gasteiger partial charge in [0.2, 0.25) is 0 Å². The molecule has 0 aliphatic rings. The summed E-state index contributed by atoms with van der Waals surface area (Å²) in [6.45, 7) is 7.14. The number of carbonyl (C=O) groups excluding carboxylic acids is 1. The van der Waals surface area contributed by atoms with Crippen LogP contribution in [-0.4, -0.2) is 46.1 Å². The Bertz CT molecular complexity index is 850. The number of ether oxygens (including phenoxy) is 1. The number of nitrogens with zero attached hydrogens (tertiary/aromatic N) is 2. The molecule has 2 aromatic rings. The summed E-state index contributed by atoms with van der Waals surface area (Å²) in [5, 5.41) is 20.2. The molecule has 0 spiro atoms. The maximum atomic E-state index is 15.2. The van der Waals surface area contributed by atoms with E-state index < -0.39 is 23.8 Å². The van der Waals surface area contributed by atoms with E-state index in [1.165, 1.54) is 26.0 Å². The Labute approximate surface area is 177 Å². The highest BCUT2D eigenvalue weighted by molar-refractivity contribution is 5.78. The summed E-state index contributed by atoms with van der Waals surface area (Å²) in [6.07, 6.45) is 1.15. The lowest BCUT2D eigenvalue weighted by molar-refractivity contribution is -0.0864. The quantitative estimate of drug-likeness (QED) is 0.454. The highest BCUT2D eigenvalue weighted by atomic mass is 19.1. The van der Waals surface area contributed by atoms with Crippen LogP contribution in [0.3, 0.4) is 0 Å². The lowest BCUT2D eigenvalue weighted by atomic mass is 9.93. The van der Waals surface area contributed by atoms with Gasteiger partial charge in [0.25, 0.3) is 0 Å². The number of hydrogen-bond donors (Lipinski definition) is 2. The molecule has 2 rings (SSSR count).